The Balaban J connectivity index is 1.47. The molecule has 0 unspecified atom stereocenters. The number of alkyl halides is 3. The molecule has 1 atom stereocenters. The summed E-state index contributed by atoms with van der Waals surface area (Å²) in [6.45, 7) is 0.962. The van der Waals surface area contributed by atoms with Crippen molar-refractivity contribution in [2.24, 2.45) is 0 Å². The van der Waals surface area contributed by atoms with Crippen LogP contribution < -0.4 is 5.56 Å². The second-order valence-electron chi connectivity index (χ2n) is 6.79. The van der Waals surface area contributed by atoms with Crippen LogP contribution in [-0.4, -0.2) is 49.2 Å². The van der Waals surface area contributed by atoms with E-state index in [-0.39, 0.29) is 23.3 Å². The summed E-state index contributed by atoms with van der Waals surface area (Å²) < 4.78 is 42.0. The molecule has 0 aliphatic carbocycles. The van der Waals surface area contributed by atoms with Crippen LogP contribution in [0.4, 0.5) is 13.2 Å². The number of hydrogen-bond donors (Lipinski definition) is 1. The number of aromatic nitrogens is 5. The van der Waals surface area contributed by atoms with Gasteiger partial charge in [0.1, 0.15) is 5.69 Å². The van der Waals surface area contributed by atoms with Gasteiger partial charge in [0, 0.05) is 42.5 Å². The molecule has 0 bridgehead atoms. The molecule has 3 aromatic heterocycles. The molecule has 9 nitrogen and oxygen atoms in total. The lowest BCUT2D eigenvalue weighted by atomic mass is 9.93. The average molecular weight is 420 g/mol. The van der Waals surface area contributed by atoms with Crippen LogP contribution in [-0.2, 0) is 6.18 Å². The zero-order valence-corrected chi connectivity index (χ0v) is 15.4. The first-order chi connectivity index (χ1) is 14.3. The summed E-state index contributed by atoms with van der Waals surface area (Å²) in [5, 5.41) is 9.35. The summed E-state index contributed by atoms with van der Waals surface area (Å²) in [5.74, 6) is -1.96. The minimum Gasteiger partial charge on any atom is -0.337 e. The van der Waals surface area contributed by atoms with Gasteiger partial charge in [-0.25, -0.2) is 5.10 Å². The third kappa shape index (κ3) is 4.07. The number of carbonyl (C=O) groups is 1. The number of pyridine rings is 1. The van der Waals surface area contributed by atoms with Gasteiger partial charge in [0.15, 0.2) is 0 Å². The molecule has 1 amide bonds. The van der Waals surface area contributed by atoms with Crippen LogP contribution in [0.2, 0.25) is 0 Å². The van der Waals surface area contributed by atoms with Gasteiger partial charge in [-0.2, -0.15) is 23.3 Å². The summed E-state index contributed by atoms with van der Waals surface area (Å²) in [4.78, 5) is 33.0. The third-order valence-corrected chi connectivity index (χ3v) is 4.74. The number of nitrogens with zero attached hydrogens (tertiary/aromatic N) is 5. The molecule has 1 saturated heterocycles. The molecule has 1 fully saturated rings. The summed E-state index contributed by atoms with van der Waals surface area (Å²) >= 11 is 0. The first kappa shape index (κ1) is 19.7. The second kappa shape index (κ2) is 7.69. The predicted molar refractivity (Wildman–Crippen MR) is 95.3 cm³/mol. The van der Waals surface area contributed by atoms with Crippen molar-refractivity contribution in [2.75, 3.05) is 13.1 Å². The molecule has 0 saturated carbocycles. The Kier molecular flexibility index (Phi) is 5.06. The molecule has 156 valence electrons. The van der Waals surface area contributed by atoms with E-state index >= 15 is 0 Å². The van der Waals surface area contributed by atoms with E-state index in [1.807, 2.05) is 0 Å². The lowest BCUT2D eigenvalue weighted by Gasteiger charge is -2.32. The fourth-order valence-corrected chi connectivity index (χ4v) is 3.26. The largest absolute Gasteiger partial charge is 0.471 e. The van der Waals surface area contributed by atoms with E-state index in [0.717, 1.165) is 12.8 Å². The van der Waals surface area contributed by atoms with Gasteiger partial charge in [-0.3, -0.25) is 14.6 Å². The molecule has 0 aromatic carbocycles. The lowest BCUT2D eigenvalue weighted by molar-refractivity contribution is -0.159. The number of hydrogen-bond acceptors (Lipinski definition) is 7. The number of rotatable bonds is 3. The van der Waals surface area contributed by atoms with E-state index in [2.05, 4.69) is 29.8 Å². The van der Waals surface area contributed by atoms with Crippen LogP contribution in [0, 0.1) is 0 Å². The van der Waals surface area contributed by atoms with Crippen LogP contribution in [0.25, 0.3) is 11.4 Å². The van der Waals surface area contributed by atoms with Crippen LogP contribution in [0.15, 0.2) is 39.8 Å². The molecule has 30 heavy (non-hydrogen) atoms. The normalized spacial score (nSPS) is 17.2. The minimum absolute atomic E-state index is 0.0458. The van der Waals surface area contributed by atoms with E-state index in [0.29, 0.717) is 24.3 Å². The number of likely N-dealkylation sites (tertiary alicyclic amines) is 1. The van der Waals surface area contributed by atoms with Crippen molar-refractivity contribution >= 4 is 5.91 Å². The smallest absolute Gasteiger partial charge is 0.337 e. The van der Waals surface area contributed by atoms with Gasteiger partial charge < -0.3 is 9.42 Å². The van der Waals surface area contributed by atoms with Crippen molar-refractivity contribution in [1.82, 2.24) is 30.2 Å². The zero-order chi connectivity index (χ0) is 21.3. The molecule has 1 aliphatic heterocycles. The first-order valence-corrected chi connectivity index (χ1v) is 9.03. The van der Waals surface area contributed by atoms with Gasteiger partial charge in [0.2, 0.25) is 5.82 Å². The highest BCUT2D eigenvalue weighted by Gasteiger charge is 2.38. The Labute approximate surface area is 166 Å². The Morgan fingerprint density at radius 1 is 1.23 bits per heavy atom. The van der Waals surface area contributed by atoms with Crippen LogP contribution in [0.3, 0.4) is 0 Å². The third-order valence-electron chi connectivity index (χ3n) is 4.74. The number of carbonyl (C=O) groups excluding carboxylic acids is 1. The fraction of sp³-hybridized carbons (Fsp3) is 0.333. The topological polar surface area (TPSA) is 118 Å². The lowest BCUT2D eigenvalue weighted by Crippen LogP contribution is -2.40. The molecule has 4 rings (SSSR count). The number of aromatic amines is 1. The van der Waals surface area contributed by atoms with Crippen molar-refractivity contribution in [2.45, 2.75) is 24.9 Å². The van der Waals surface area contributed by atoms with Crippen molar-refractivity contribution in [3.8, 4) is 11.4 Å². The molecule has 1 N–H and O–H groups in total. The van der Waals surface area contributed by atoms with Gasteiger partial charge in [-0.05, 0) is 31.0 Å². The Morgan fingerprint density at radius 3 is 2.70 bits per heavy atom. The van der Waals surface area contributed by atoms with Crippen LogP contribution in [0.5, 0.6) is 0 Å². The standard InChI is InChI=1S/C18H15F3N6O3/c19-18(20,21)17-23-15(26-30-17)10-3-4-12(22-8-10)11-2-1-7-27(9-11)16(29)13-5-6-14(28)25-24-13/h3-6,8,11H,1-2,7,9H2,(H,25,28)/t11-/m0/s1. The predicted octanol–water partition coefficient (Wildman–Crippen LogP) is 2.25. The van der Waals surface area contributed by atoms with E-state index in [4.69, 9.17) is 0 Å². The number of nitrogens with one attached hydrogen (secondary N) is 1. The van der Waals surface area contributed by atoms with Crippen molar-refractivity contribution in [3.05, 3.63) is 58.1 Å². The van der Waals surface area contributed by atoms with E-state index in [1.54, 1.807) is 17.0 Å². The van der Waals surface area contributed by atoms with Crippen LogP contribution in [0.1, 0.15) is 40.8 Å². The number of piperidine rings is 1. The zero-order valence-electron chi connectivity index (χ0n) is 15.4. The number of H-pyrrole nitrogens is 1. The van der Waals surface area contributed by atoms with E-state index in [1.165, 1.54) is 18.3 Å². The molecule has 0 spiro atoms. The second-order valence-corrected chi connectivity index (χ2v) is 6.79. The van der Waals surface area contributed by atoms with Crippen molar-refractivity contribution in [3.63, 3.8) is 0 Å². The summed E-state index contributed by atoms with van der Waals surface area (Å²) in [6, 6.07) is 5.86. The van der Waals surface area contributed by atoms with Gasteiger partial charge >= 0.3 is 12.1 Å². The van der Waals surface area contributed by atoms with Gasteiger partial charge in [0.05, 0.1) is 0 Å². The minimum atomic E-state index is -4.71. The molecule has 4 heterocycles. The maximum absolute atomic E-state index is 12.6. The SMILES string of the molecule is O=C(c1ccc(=O)[nH]n1)N1CCC[C@H](c2ccc(-c3noc(C(F)(F)F)n3)cn2)C1. The fourth-order valence-electron chi connectivity index (χ4n) is 3.26. The van der Waals surface area contributed by atoms with Crippen molar-refractivity contribution in [1.29, 1.82) is 0 Å². The van der Waals surface area contributed by atoms with Gasteiger partial charge in [-0.1, -0.05) is 5.16 Å². The molecule has 12 heteroatoms. The maximum Gasteiger partial charge on any atom is 0.471 e. The quantitative estimate of drug-likeness (QED) is 0.690. The summed E-state index contributed by atoms with van der Waals surface area (Å²) in [6.07, 6.45) is -1.78. The van der Waals surface area contributed by atoms with Gasteiger partial charge in [0.25, 0.3) is 11.5 Å². The summed E-state index contributed by atoms with van der Waals surface area (Å²) in [7, 11) is 0. The van der Waals surface area contributed by atoms with Gasteiger partial charge in [-0.15, -0.1) is 0 Å². The summed E-state index contributed by atoms with van der Waals surface area (Å²) in [5.41, 5.74) is 0.747. The van der Waals surface area contributed by atoms with Crippen LogP contribution >= 0.6 is 0 Å². The molecule has 1 aliphatic rings. The molecular weight excluding hydrogens is 405 g/mol. The Hall–Kier alpha value is -3.57. The van der Waals surface area contributed by atoms with E-state index < -0.39 is 17.6 Å². The monoisotopic (exact) mass is 420 g/mol. The average Bonchev–Trinajstić information content (AvgIpc) is 3.25. The number of amides is 1. The molecular formula is C18H15F3N6O3. The Bertz CT molecular complexity index is 1090. The maximum atomic E-state index is 12.6. The number of halogens is 3. The molecule has 0 radical (unpaired) electrons. The first-order valence-electron chi connectivity index (χ1n) is 9.03. The van der Waals surface area contributed by atoms with Crippen molar-refractivity contribution < 1.29 is 22.5 Å². The highest BCUT2D eigenvalue weighted by Crippen LogP contribution is 2.30. The highest BCUT2D eigenvalue weighted by molar-refractivity contribution is 5.92. The Morgan fingerprint density at radius 2 is 2.07 bits per heavy atom. The molecule has 3 aromatic rings. The highest BCUT2D eigenvalue weighted by atomic mass is 19.4. The van der Waals surface area contributed by atoms with E-state index in [9.17, 15) is 22.8 Å².